The van der Waals surface area contributed by atoms with Crippen LogP contribution in [0.25, 0.3) is 6.08 Å². The van der Waals surface area contributed by atoms with Gasteiger partial charge in [0.05, 0.1) is 0 Å². The molecular weight excluding hydrogens is 203 g/mol. The first-order chi connectivity index (χ1) is 8.36. The molecule has 0 aliphatic heterocycles. The Morgan fingerprint density at radius 3 is 2.06 bits per heavy atom. The summed E-state index contributed by atoms with van der Waals surface area (Å²) < 4.78 is 0. The molecule has 0 saturated carbocycles. The smallest absolute Gasteiger partial charge is 0.114 e. The quantitative estimate of drug-likeness (QED) is 0.527. The first-order valence-electron chi connectivity index (χ1n) is 7.10. The fraction of sp³-hybridized carbons (Fsp3) is 0.500. The third-order valence-electron chi connectivity index (χ3n) is 3.22. The molecule has 1 aromatic rings. The molecule has 17 heavy (non-hydrogen) atoms. The van der Waals surface area contributed by atoms with Gasteiger partial charge in [-0.3, -0.25) is 0 Å². The number of rotatable bonds is 8. The van der Waals surface area contributed by atoms with E-state index in [0.29, 0.717) is 0 Å². The Morgan fingerprint density at radius 1 is 0.941 bits per heavy atom. The SMILES string of the molecule is CCCCB(/C=C/c1ccccc1)CCCC. The summed E-state index contributed by atoms with van der Waals surface area (Å²) in [5, 5.41) is 0. The van der Waals surface area contributed by atoms with Crippen molar-refractivity contribution in [2.45, 2.75) is 52.2 Å². The number of hydrogen-bond donors (Lipinski definition) is 0. The van der Waals surface area contributed by atoms with Crippen molar-refractivity contribution >= 4 is 12.8 Å². The zero-order valence-corrected chi connectivity index (χ0v) is 11.4. The van der Waals surface area contributed by atoms with E-state index in [2.05, 4.69) is 56.2 Å². The highest BCUT2D eigenvalue weighted by Crippen LogP contribution is 2.12. The van der Waals surface area contributed by atoms with Crippen molar-refractivity contribution in [3.8, 4) is 0 Å². The highest BCUT2D eigenvalue weighted by Gasteiger charge is 2.07. The molecule has 0 radical (unpaired) electrons. The van der Waals surface area contributed by atoms with Crippen LogP contribution in [0.1, 0.15) is 45.1 Å². The Balaban J connectivity index is 2.49. The second-order valence-electron chi connectivity index (χ2n) is 4.81. The van der Waals surface area contributed by atoms with Crippen molar-refractivity contribution in [3.63, 3.8) is 0 Å². The van der Waals surface area contributed by atoms with Gasteiger partial charge in [0.1, 0.15) is 0 Å². The van der Waals surface area contributed by atoms with E-state index >= 15 is 0 Å². The molecule has 0 atom stereocenters. The van der Waals surface area contributed by atoms with Crippen LogP contribution in [0.4, 0.5) is 0 Å². The monoisotopic (exact) mass is 228 g/mol. The van der Waals surface area contributed by atoms with Crippen LogP contribution in [-0.4, -0.2) is 6.71 Å². The summed E-state index contributed by atoms with van der Waals surface area (Å²) in [4.78, 5) is 0. The van der Waals surface area contributed by atoms with Crippen LogP contribution in [0.15, 0.2) is 36.3 Å². The van der Waals surface area contributed by atoms with Crippen LogP contribution in [0, 0.1) is 0 Å². The average Bonchev–Trinajstić information content (AvgIpc) is 2.39. The van der Waals surface area contributed by atoms with Gasteiger partial charge in [-0.2, -0.15) is 0 Å². The third kappa shape index (κ3) is 6.36. The maximum atomic E-state index is 2.42. The summed E-state index contributed by atoms with van der Waals surface area (Å²) >= 11 is 0. The zero-order valence-electron chi connectivity index (χ0n) is 11.4. The van der Waals surface area contributed by atoms with E-state index in [9.17, 15) is 0 Å². The molecule has 0 saturated heterocycles. The van der Waals surface area contributed by atoms with Crippen LogP contribution in [0.5, 0.6) is 0 Å². The van der Waals surface area contributed by atoms with E-state index in [-0.39, 0.29) is 0 Å². The molecule has 0 spiro atoms. The lowest BCUT2D eigenvalue weighted by Crippen LogP contribution is -2.08. The molecule has 0 N–H and O–H groups in total. The Labute approximate surface area is 107 Å². The van der Waals surface area contributed by atoms with Crippen molar-refractivity contribution in [2.75, 3.05) is 0 Å². The molecule has 92 valence electrons. The lowest BCUT2D eigenvalue weighted by Gasteiger charge is -2.07. The summed E-state index contributed by atoms with van der Waals surface area (Å²) in [6.07, 6.45) is 10.3. The Kier molecular flexibility index (Phi) is 7.54. The average molecular weight is 228 g/mol. The van der Waals surface area contributed by atoms with Gasteiger partial charge in [0, 0.05) is 0 Å². The maximum absolute atomic E-state index is 2.42. The fourth-order valence-corrected chi connectivity index (χ4v) is 2.08. The van der Waals surface area contributed by atoms with Gasteiger partial charge < -0.3 is 0 Å². The van der Waals surface area contributed by atoms with Gasteiger partial charge in [-0.25, -0.2) is 0 Å². The van der Waals surface area contributed by atoms with Gasteiger partial charge in [-0.05, 0) is 5.56 Å². The molecule has 0 fully saturated rings. The lowest BCUT2D eigenvalue weighted by molar-refractivity contribution is 0.845. The van der Waals surface area contributed by atoms with Gasteiger partial charge in [0.2, 0.25) is 0 Å². The number of benzene rings is 1. The van der Waals surface area contributed by atoms with Crippen molar-refractivity contribution in [1.82, 2.24) is 0 Å². The molecule has 0 aromatic heterocycles. The van der Waals surface area contributed by atoms with E-state index in [1.165, 1.54) is 43.9 Å². The summed E-state index contributed by atoms with van der Waals surface area (Å²) in [5.74, 6) is 2.42. The normalized spacial score (nSPS) is 10.9. The predicted octanol–water partition coefficient (Wildman–Crippen LogP) is 5.33. The number of hydrogen-bond acceptors (Lipinski definition) is 0. The van der Waals surface area contributed by atoms with Crippen molar-refractivity contribution in [1.29, 1.82) is 0 Å². The molecule has 0 nitrogen and oxygen atoms in total. The minimum Gasteiger partial charge on any atom is -0.114 e. The second-order valence-corrected chi connectivity index (χ2v) is 4.81. The predicted molar refractivity (Wildman–Crippen MR) is 80.7 cm³/mol. The summed E-state index contributed by atoms with van der Waals surface area (Å²) in [5.41, 5.74) is 1.32. The largest absolute Gasteiger partial charge is 0.166 e. The van der Waals surface area contributed by atoms with Crippen LogP contribution in [0.2, 0.25) is 12.6 Å². The van der Waals surface area contributed by atoms with Gasteiger partial charge in [0.25, 0.3) is 0 Å². The Bertz CT molecular complexity index is 295. The first kappa shape index (κ1) is 14.1. The van der Waals surface area contributed by atoms with Gasteiger partial charge >= 0.3 is 0 Å². The first-order valence-corrected chi connectivity index (χ1v) is 7.10. The molecule has 1 heteroatoms. The summed E-state index contributed by atoms with van der Waals surface area (Å²) in [6.45, 7) is 5.32. The van der Waals surface area contributed by atoms with E-state index in [1.807, 2.05) is 0 Å². The van der Waals surface area contributed by atoms with Crippen molar-refractivity contribution in [2.24, 2.45) is 0 Å². The molecule has 0 bridgehead atoms. The molecule has 0 heterocycles. The van der Waals surface area contributed by atoms with Crippen LogP contribution in [-0.2, 0) is 0 Å². The molecule has 1 rings (SSSR count). The molecule has 0 aliphatic carbocycles. The van der Waals surface area contributed by atoms with Crippen LogP contribution >= 0.6 is 0 Å². The highest BCUT2D eigenvalue weighted by atomic mass is 13.9. The van der Waals surface area contributed by atoms with Gasteiger partial charge in [-0.1, -0.05) is 88.6 Å². The van der Waals surface area contributed by atoms with Crippen LogP contribution < -0.4 is 0 Å². The van der Waals surface area contributed by atoms with Gasteiger partial charge in [0.15, 0.2) is 6.71 Å². The molecule has 0 amide bonds. The maximum Gasteiger partial charge on any atom is 0.166 e. The number of unbranched alkanes of at least 4 members (excludes halogenated alkanes) is 2. The van der Waals surface area contributed by atoms with E-state index in [4.69, 9.17) is 0 Å². The fourth-order valence-electron chi connectivity index (χ4n) is 2.08. The minimum atomic E-state index is 0.773. The third-order valence-corrected chi connectivity index (χ3v) is 3.22. The van der Waals surface area contributed by atoms with Gasteiger partial charge in [-0.15, -0.1) is 5.98 Å². The molecule has 1 aromatic carbocycles. The standard InChI is InChI=1S/C16H25B/c1-3-5-13-17(14-6-4-2)15-12-16-10-8-7-9-11-16/h7-12,15H,3-6,13-14H2,1-2H3/b15-12+. The highest BCUT2D eigenvalue weighted by molar-refractivity contribution is 6.64. The van der Waals surface area contributed by atoms with E-state index in [1.54, 1.807) is 0 Å². The van der Waals surface area contributed by atoms with E-state index in [0.717, 1.165) is 6.71 Å². The van der Waals surface area contributed by atoms with E-state index < -0.39 is 0 Å². The Hall–Kier alpha value is -0.975. The topological polar surface area (TPSA) is 0 Å². The summed E-state index contributed by atoms with van der Waals surface area (Å²) in [7, 11) is 0. The molecule has 0 unspecified atom stereocenters. The van der Waals surface area contributed by atoms with Crippen molar-refractivity contribution < 1.29 is 0 Å². The lowest BCUT2D eigenvalue weighted by atomic mass is 9.43. The Morgan fingerprint density at radius 2 is 1.53 bits per heavy atom. The molecule has 0 aliphatic rings. The van der Waals surface area contributed by atoms with Crippen molar-refractivity contribution in [3.05, 3.63) is 41.9 Å². The minimum absolute atomic E-state index is 0.773. The second kappa shape index (κ2) is 9.10. The zero-order chi connectivity index (χ0) is 12.3. The van der Waals surface area contributed by atoms with Crippen LogP contribution in [0.3, 0.4) is 0 Å². The molecular formula is C16H25B. The summed E-state index contributed by atoms with van der Waals surface area (Å²) in [6, 6.07) is 10.6.